The average molecular weight is 455 g/mol. The van der Waals surface area contributed by atoms with Gasteiger partial charge in [0, 0.05) is 17.7 Å². The van der Waals surface area contributed by atoms with Crippen LogP contribution in [-0.2, 0) is 11.2 Å². The molecule has 0 spiro atoms. The van der Waals surface area contributed by atoms with Crippen LogP contribution in [0.5, 0.6) is 5.19 Å². The molecular weight excluding hydrogens is 432 g/mol. The van der Waals surface area contributed by atoms with Crippen LogP contribution in [0.3, 0.4) is 0 Å². The fraction of sp³-hybridized carbons (Fsp3) is 0.192. The summed E-state index contributed by atoms with van der Waals surface area (Å²) in [5.41, 5.74) is 3.01. The number of nitrogens with zero attached hydrogens (tertiary/aromatic N) is 2. The molecule has 2 aromatic heterocycles. The number of carbonyl (C=O) groups is 1. The number of aromatic nitrogens is 3. The van der Waals surface area contributed by atoms with Gasteiger partial charge >= 0.3 is 0 Å². The van der Waals surface area contributed by atoms with Crippen LogP contribution in [0.25, 0.3) is 21.0 Å². The van der Waals surface area contributed by atoms with E-state index in [1.54, 1.807) is 11.3 Å². The minimum atomic E-state index is -0.0740. The van der Waals surface area contributed by atoms with Crippen molar-refractivity contribution < 1.29 is 9.53 Å². The Hall–Kier alpha value is -3.71. The first kappa shape index (κ1) is 19.9. The van der Waals surface area contributed by atoms with Crippen LogP contribution in [0, 0.1) is 0 Å². The van der Waals surface area contributed by atoms with Crippen LogP contribution in [0.4, 0.5) is 5.82 Å². The number of amides is 1. The number of hydrogen-bond acceptors (Lipinski definition) is 5. The highest BCUT2D eigenvalue weighted by Crippen LogP contribution is 2.40. The van der Waals surface area contributed by atoms with Gasteiger partial charge in [-0.2, -0.15) is 5.10 Å². The van der Waals surface area contributed by atoms with E-state index in [-0.39, 0.29) is 12.0 Å². The Balaban J connectivity index is 1.05. The Labute approximate surface area is 194 Å². The van der Waals surface area contributed by atoms with E-state index in [4.69, 9.17) is 4.74 Å². The van der Waals surface area contributed by atoms with Crippen LogP contribution in [0.2, 0.25) is 0 Å². The number of aromatic amines is 1. The van der Waals surface area contributed by atoms with Gasteiger partial charge < -0.3 is 10.1 Å². The molecule has 1 fully saturated rings. The number of nitrogens with one attached hydrogen (secondary N) is 2. The van der Waals surface area contributed by atoms with Crippen molar-refractivity contribution in [1.29, 1.82) is 0 Å². The summed E-state index contributed by atoms with van der Waals surface area (Å²) in [6.07, 6.45) is 2.27. The lowest BCUT2D eigenvalue weighted by molar-refractivity contribution is -0.115. The normalized spacial score (nSPS) is 17.7. The van der Waals surface area contributed by atoms with Gasteiger partial charge in [0.25, 0.3) is 5.19 Å². The van der Waals surface area contributed by atoms with Crippen LogP contribution in [-0.4, -0.2) is 27.2 Å². The first-order chi connectivity index (χ1) is 16.2. The van der Waals surface area contributed by atoms with Gasteiger partial charge in [0.15, 0.2) is 5.82 Å². The summed E-state index contributed by atoms with van der Waals surface area (Å²) in [7, 11) is 0. The molecule has 6 nitrogen and oxygen atoms in total. The van der Waals surface area contributed by atoms with Crippen LogP contribution in [0.1, 0.15) is 30.0 Å². The number of thiazole rings is 1. The third-order valence-electron chi connectivity index (χ3n) is 6.17. The Morgan fingerprint density at radius 2 is 1.88 bits per heavy atom. The van der Waals surface area contributed by atoms with Crippen molar-refractivity contribution in [2.75, 3.05) is 5.32 Å². The fourth-order valence-electron chi connectivity index (χ4n) is 4.38. The molecule has 1 aliphatic carbocycles. The topological polar surface area (TPSA) is 79.9 Å². The average Bonchev–Trinajstić information content (AvgIpc) is 3.42. The molecule has 0 saturated heterocycles. The minimum Gasteiger partial charge on any atom is -0.467 e. The summed E-state index contributed by atoms with van der Waals surface area (Å²) >= 11 is 1.58. The lowest BCUT2D eigenvalue weighted by atomic mass is 9.80. The van der Waals surface area contributed by atoms with Crippen molar-refractivity contribution in [1.82, 2.24) is 15.2 Å². The number of benzene rings is 3. The van der Waals surface area contributed by atoms with Crippen molar-refractivity contribution in [3.05, 3.63) is 84.1 Å². The van der Waals surface area contributed by atoms with Gasteiger partial charge in [0.2, 0.25) is 5.91 Å². The molecule has 164 valence electrons. The van der Waals surface area contributed by atoms with Crippen molar-refractivity contribution in [3.63, 3.8) is 0 Å². The van der Waals surface area contributed by atoms with Gasteiger partial charge in [0.05, 0.1) is 16.6 Å². The second kappa shape index (κ2) is 8.33. The van der Waals surface area contributed by atoms with Gasteiger partial charge in [-0.1, -0.05) is 65.9 Å². The molecule has 6 rings (SSSR count). The minimum absolute atomic E-state index is 0.0740. The molecule has 1 aliphatic rings. The first-order valence-electron chi connectivity index (χ1n) is 11.1. The van der Waals surface area contributed by atoms with Crippen molar-refractivity contribution in [2.24, 2.45) is 0 Å². The van der Waals surface area contributed by atoms with Gasteiger partial charge in [0.1, 0.15) is 6.10 Å². The van der Waals surface area contributed by atoms with E-state index in [9.17, 15) is 4.79 Å². The molecule has 5 aromatic rings. The van der Waals surface area contributed by atoms with Crippen LogP contribution >= 0.6 is 11.3 Å². The van der Waals surface area contributed by atoms with Crippen molar-refractivity contribution in [2.45, 2.75) is 31.3 Å². The number of fused-ring (bicyclic) bond motifs is 2. The molecule has 33 heavy (non-hydrogen) atoms. The van der Waals surface area contributed by atoms with E-state index in [2.05, 4.69) is 38.7 Å². The Bertz CT molecular complexity index is 1410. The smallest absolute Gasteiger partial charge is 0.274 e. The Morgan fingerprint density at radius 3 is 2.79 bits per heavy atom. The zero-order chi connectivity index (χ0) is 22.2. The predicted molar refractivity (Wildman–Crippen MR) is 131 cm³/mol. The first-order valence-corrected chi connectivity index (χ1v) is 11.9. The highest BCUT2D eigenvalue weighted by molar-refractivity contribution is 7.20. The van der Waals surface area contributed by atoms with E-state index in [0.29, 0.717) is 18.2 Å². The number of H-pyrrole nitrogens is 1. The van der Waals surface area contributed by atoms with Gasteiger partial charge in [-0.25, -0.2) is 4.98 Å². The number of carbonyl (C=O) groups excluding carboxylic acids is 1. The Morgan fingerprint density at radius 1 is 1.06 bits per heavy atom. The van der Waals surface area contributed by atoms with Crippen LogP contribution < -0.4 is 10.1 Å². The third kappa shape index (κ3) is 4.07. The zero-order valence-corrected chi connectivity index (χ0v) is 18.6. The summed E-state index contributed by atoms with van der Waals surface area (Å²) in [5.74, 6) is 0.835. The fourth-order valence-corrected chi connectivity index (χ4v) is 5.26. The molecule has 0 unspecified atom stereocenters. The molecule has 0 atom stereocenters. The zero-order valence-electron chi connectivity index (χ0n) is 17.8. The number of ether oxygens (including phenoxy) is 1. The quantitative estimate of drug-likeness (QED) is 0.346. The maximum Gasteiger partial charge on any atom is 0.274 e. The SMILES string of the molecule is O=C(Cc1cccc2ccccc12)Nc1cc([C@H]2C[C@@H](Oc3nc4ccccc4s3)C2)[nH]n1. The van der Waals surface area contributed by atoms with Gasteiger partial charge in [-0.15, -0.1) is 0 Å². The molecular formula is C26H22N4O2S. The standard InChI is InChI=1S/C26H22N4O2S/c31-25(14-17-8-5-7-16-6-1-2-9-20(16)17)28-24-15-22(29-30-24)18-12-19(13-18)32-26-27-21-10-3-4-11-23(21)33-26/h1-11,15,18-19H,12-14H2,(H2,28,29,30,31)/t18-,19+. The van der Waals surface area contributed by atoms with Crippen LogP contribution in [0.15, 0.2) is 72.8 Å². The molecule has 1 saturated carbocycles. The molecule has 7 heteroatoms. The van der Waals surface area contributed by atoms with Crippen molar-refractivity contribution >= 4 is 44.1 Å². The summed E-state index contributed by atoms with van der Waals surface area (Å²) in [6.45, 7) is 0. The number of rotatable bonds is 6. The summed E-state index contributed by atoms with van der Waals surface area (Å²) in [6, 6.07) is 24.1. The molecule has 2 N–H and O–H groups in total. The lowest BCUT2D eigenvalue weighted by Gasteiger charge is -2.33. The molecule has 0 aliphatic heterocycles. The molecule has 3 aromatic carbocycles. The Kier molecular flexibility index (Phi) is 5.03. The molecule has 2 heterocycles. The summed E-state index contributed by atoms with van der Waals surface area (Å²) in [4.78, 5) is 17.2. The molecule has 0 radical (unpaired) electrons. The second-order valence-electron chi connectivity index (χ2n) is 8.43. The van der Waals surface area contributed by atoms with E-state index in [0.717, 1.165) is 50.3 Å². The predicted octanol–water partition coefficient (Wildman–Crippen LogP) is 5.68. The van der Waals surface area contributed by atoms with E-state index >= 15 is 0 Å². The largest absolute Gasteiger partial charge is 0.467 e. The number of hydrogen-bond donors (Lipinski definition) is 2. The van der Waals surface area contributed by atoms with Gasteiger partial charge in [-0.05, 0) is 41.3 Å². The molecule has 1 amide bonds. The lowest BCUT2D eigenvalue weighted by Crippen LogP contribution is -2.32. The maximum atomic E-state index is 12.6. The van der Waals surface area contributed by atoms with Crippen molar-refractivity contribution in [3.8, 4) is 5.19 Å². The highest BCUT2D eigenvalue weighted by atomic mass is 32.1. The van der Waals surface area contributed by atoms with Gasteiger partial charge in [-0.3, -0.25) is 9.89 Å². The van der Waals surface area contributed by atoms with E-state index < -0.39 is 0 Å². The van der Waals surface area contributed by atoms with E-state index in [1.807, 2.05) is 54.6 Å². The summed E-state index contributed by atoms with van der Waals surface area (Å²) < 4.78 is 7.20. The molecule has 0 bridgehead atoms. The maximum absolute atomic E-state index is 12.6. The number of anilines is 1. The second-order valence-corrected chi connectivity index (χ2v) is 9.42. The summed E-state index contributed by atoms with van der Waals surface area (Å²) in [5, 5.41) is 13.3. The third-order valence-corrected chi connectivity index (χ3v) is 7.10. The number of para-hydroxylation sites is 1. The van der Waals surface area contributed by atoms with E-state index in [1.165, 1.54) is 0 Å². The monoisotopic (exact) mass is 454 g/mol. The highest BCUT2D eigenvalue weighted by Gasteiger charge is 2.34.